The van der Waals surface area contributed by atoms with E-state index in [4.69, 9.17) is 21.4 Å². The van der Waals surface area contributed by atoms with Crippen molar-refractivity contribution in [3.05, 3.63) is 70.7 Å². The van der Waals surface area contributed by atoms with E-state index in [-0.39, 0.29) is 25.0 Å². The Hall–Kier alpha value is -2.89. The lowest BCUT2D eigenvalue weighted by molar-refractivity contribution is 0.0893. The Labute approximate surface area is 154 Å². The van der Waals surface area contributed by atoms with E-state index in [1.54, 1.807) is 54.6 Å². The molecule has 0 unspecified atom stereocenters. The average Bonchev–Trinajstić information content (AvgIpc) is 2.66. The molecule has 5 nitrogen and oxygen atoms in total. The molecule has 6 heteroatoms. The summed E-state index contributed by atoms with van der Waals surface area (Å²) >= 11 is 6.22. The number of imide groups is 1. The number of nitrogens with zero attached hydrogens (tertiary/aromatic N) is 1. The number of benzene rings is 3. The number of anilines is 1. The van der Waals surface area contributed by atoms with Crippen LogP contribution in [0.2, 0.25) is 5.02 Å². The molecule has 2 amide bonds. The van der Waals surface area contributed by atoms with Crippen molar-refractivity contribution in [2.24, 2.45) is 0 Å². The van der Waals surface area contributed by atoms with Crippen molar-refractivity contribution in [1.82, 2.24) is 0 Å². The molecule has 4 rings (SSSR count). The van der Waals surface area contributed by atoms with E-state index in [1.807, 2.05) is 0 Å². The monoisotopic (exact) mass is 367 g/mol. The first kappa shape index (κ1) is 16.6. The van der Waals surface area contributed by atoms with Gasteiger partial charge in [0.15, 0.2) is 0 Å². The Morgan fingerprint density at radius 3 is 2.31 bits per heavy atom. The fraction of sp³-hybridized carbons (Fsp3) is 0.100. The van der Waals surface area contributed by atoms with E-state index >= 15 is 0 Å². The van der Waals surface area contributed by atoms with Gasteiger partial charge in [-0.3, -0.25) is 9.59 Å². The third-order valence-corrected chi connectivity index (χ3v) is 4.64. The van der Waals surface area contributed by atoms with Crippen molar-refractivity contribution in [1.29, 1.82) is 0 Å². The third kappa shape index (κ3) is 2.53. The number of carbonyl (C=O) groups is 2. The highest BCUT2D eigenvalue weighted by Crippen LogP contribution is 2.36. The molecule has 0 aliphatic carbocycles. The van der Waals surface area contributed by atoms with Crippen LogP contribution in [0.3, 0.4) is 0 Å². The quantitative estimate of drug-likeness (QED) is 0.714. The zero-order valence-corrected chi connectivity index (χ0v) is 14.4. The number of amides is 2. The van der Waals surface area contributed by atoms with Crippen molar-refractivity contribution in [3.8, 4) is 5.75 Å². The van der Waals surface area contributed by atoms with Gasteiger partial charge in [-0.05, 0) is 42.5 Å². The van der Waals surface area contributed by atoms with Crippen LogP contribution in [0.4, 0.5) is 5.69 Å². The summed E-state index contributed by atoms with van der Waals surface area (Å²) < 4.78 is 5.31. The van der Waals surface area contributed by atoms with Crippen molar-refractivity contribution < 1.29 is 19.4 Å². The molecule has 3 aromatic rings. The minimum absolute atomic E-state index is 0.0891. The van der Waals surface area contributed by atoms with Gasteiger partial charge < -0.3 is 9.84 Å². The molecule has 1 aliphatic heterocycles. The lowest BCUT2D eigenvalue weighted by Crippen LogP contribution is -2.40. The first-order chi connectivity index (χ1) is 12.6. The Morgan fingerprint density at radius 1 is 0.923 bits per heavy atom. The predicted octanol–water partition coefficient (Wildman–Crippen LogP) is 3.66. The molecule has 0 spiro atoms. The highest BCUT2D eigenvalue weighted by molar-refractivity contribution is 6.40. The number of hydrogen-bond donors (Lipinski definition) is 1. The van der Waals surface area contributed by atoms with Crippen molar-refractivity contribution in [3.63, 3.8) is 0 Å². The van der Waals surface area contributed by atoms with Gasteiger partial charge in [0.1, 0.15) is 12.4 Å². The highest BCUT2D eigenvalue weighted by atomic mass is 35.5. The molecule has 0 saturated carbocycles. The largest absolute Gasteiger partial charge is 0.491 e. The van der Waals surface area contributed by atoms with Gasteiger partial charge in [-0.2, -0.15) is 0 Å². The number of rotatable bonds is 4. The summed E-state index contributed by atoms with van der Waals surface area (Å²) in [7, 11) is 0. The Kier molecular flexibility index (Phi) is 4.11. The Morgan fingerprint density at radius 2 is 1.62 bits per heavy atom. The molecule has 1 heterocycles. The van der Waals surface area contributed by atoms with Crippen LogP contribution < -0.4 is 9.64 Å². The van der Waals surface area contributed by atoms with Crippen molar-refractivity contribution >= 4 is 39.9 Å². The van der Waals surface area contributed by atoms with Crippen molar-refractivity contribution in [2.75, 3.05) is 18.1 Å². The van der Waals surface area contributed by atoms with E-state index in [9.17, 15) is 9.59 Å². The summed E-state index contributed by atoms with van der Waals surface area (Å²) in [6.07, 6.45) is 0. The molecule has 130 valence electrons. The van der Waals surface area contributed by atoms with Crippen LogP contribution in [0, 0.1) is 0 Å². The molecule has 26 heavy (non-hydrogen) atoms. The van der Waals surface area contributed by atoms with Crippen LogP contribution in [-0.4, -0.2) is 30.1 Å². The Balaban J connectivity index is 1.79. The van der Waals surface area contributed by atoms with Gasteiger partial charge in [0.2, 0.25) is 0 Å². The smallest absolute Gasteiger partial charge is 0.265 e. The van der Waals surface area contributed by atoms with Crippen LogP contribution in [0.15, 0.2) is 54.6 Å². The molecule has 0 aromatic heterocycles. The van der Waals surface area contributed by atoms with Crippen LogP contribution in [-0.2, 0) is 0 Å². The maximum Gasteiger partial charge on any atom is 0.265 e. The fourth-order valence-corrected chi connectivity index (χ4v) is 3.37. The second-order valence-corrected chi connectivity index (χ2v) is 6.24. The van der Waals surface area contributed by atoms with Crippen LogP contribution in [0.25, 0.3) is 10.8 Å². The summed E-state index contributed by atoms with van der Waals surface area (Å²) in [6.45, 7) is 0.0885. The minimum atomic E-state index is -0.389. The maximum absolute atomic E-state index is 13.0. The number of carbonyl (C=O) groups excluding carboxylic acids is 2. The zero-order valence-electron chi connectivity index (χ0n) is 13.6. The first-order valence-corrected chi connectivity index (χ1v) is 8.43. The topological polar surface area (TPSA) is 66.8 Å². The molecule has 1 N–H and O–H groups in total. The molecule has 0 fully saturated rings. The molecule has 0 saturated heterocycles. The van der Waals surface area contributed by atoms with Gasteiger partial charge >= 0.3 is 0 Å². The summed E-state index contributed by atoms with van der Waals surface area (Å²) in [4.78, 5) is 27.1. The summed E-state index contributed by atoms with van der Waals surface area (Å²) in [6, 6.07) is 15.2. The van der Waals surface area contributed by atoms with Gasteiger partial charge in [0, 0.05) is 26.9 Å². The van der Waals surface area contributed by atoms with Gasteiger partial charge in [0.25, 0.3) is 11.8 Å². The van der Waals surface area contributed by atoms with Crippen LogP contribution in [0.5, 0.6) is 5.75 Å². The highest BCUT2D eigenvalue weighted by Gasteiger charge is 2.34. The number of aliphatic hydroxyl groups is 1. The number of halogens is 1. The fourth-order valence-electron chi connectivity index (χ4n) is 3.15. The molecular weight excluding hydrogens is 354 g/mol. The second kappa shape index (κ2) is 6.44. The van der Waals surface area contributed by atoms with E-state index in [1.165, 1.54) is 0 Å². The predicted molar refractivity (Wildman–Crippen MR) is 99.1 cm³/mol. The second-order valence-electron chi connectivity index (χ2n) is 5.83. The van der Waals surface area contributed by atoms with Gasteiger partial charge in [-0.15, -0.1) is 0 Å². The van der Waals surface area contributed by atoms with Gasteiger partial charge in [0.05, 0.1) is 12.3 Å². The lowest BCUT2D eigenvalue weighted by Gasteiger charge is -2.27. The van der Waals surface area contributed by atoms with Crippen LogP contribution >= 0.6 is 11.6 Å². The average molecular weight is 368 g/mol. The van der Waals surface area contributed by atoms with Crippen LogP contribution in [0.1, 0.15) is 20.7 Å². The third-order valence-electron chi connectivity index (χ3n) is 4.31. The Bertz CT molecular complexity index is 1010. The van der Waals surface area contributed by atoms with E-state index in [2.05, 4.69) is 0 Å². The van der Waals surface area contributed by atoms with Gasteiger partial charge in [-0.1, -0.05) is 23.7 Å². The first-order valence-electron chi connectivity index (χ1n) is 8.05. The minimum Gasteiger partial charge on any atom is -0.491 e. The van der Waals surface area contributed by atoms with E-state index < -0.39 is 0 Å². The normalized spacial score (nSPS) is 13.4. The zero-order chi connectivity index (χ0) is 18.3. The maximum atomic E-state index is 13.0. The molecule has 0 bridgehead atoms. The molecule has 0 atom stereocenters. The molecular formula is C20H14ClNO4. The SMILES string of the molecule is O=C1c2cccc3c(Cl)ccc(c23)C(=O)N1c1ccc(OCCO)cc1. The van der Waals surface area contributed by atoms with Gasteiger partial charge in [-0.25, -0.2) is 4.90 Å². The summed E-state index contributed by atoms with van der Waals surface area (Å²) in [5.74, 6) is -0.229. The molecule has 0 radical (unpaired) electrons. The number of ether oxygens (including phenoxy) is 1. The van der Waals surface area contributed by atoms with E-state index in [0.717, 1.165) is 4.90 Å². The van der Waals surface area contributed by atoms with Crippen molar-refractivity contribution in [2.45, 2.75) is 0 Å². The molecule has 3 aromatic carbocycles. The number of aliphatic hydroxyl groups excluding tert-OH is 1. The summed E-state index contributed by atoms with van der Waals surface area (Å²) in [5.41, 5.74) is 1.34. The number of hydrogen-bond acceptors (Lipinski definition) is 4. The standard InChI is InChI=1S/C20H14ClNO4/c21-17-9-8-16-18-14(17)2-1-3-15(18)19(24)22(20(16)25)12-4-6-13(7-5-12)26-11-10-23/h1-9,23H,10-11H2. The summed E-state index contributed by atoms with van der Waals surface area (Å²) in [5, 5.41) is 10.6. The lowest BCUT2D eigenvalue weighted by atomic mass is 9.93. The molecule has 1 aliphatic rings. The van der Waals surface area contributed by atoms with E-state index in [0.29, 0.717) is 38.4 Å².